The minimum absolute atomic E-state index is 0.106. The third-order valence-electron chi connectivity index (χ3n) is 3.23. The van der Waals surface area contributed by atoms with Gasteiger partial charge in [-0.3, -0.25) is 14.4 Å². The van der Waals surface area contributed by atoms with E-state index in [-0.39, 0.29) is 37.8 Å². The molecule has 0 atom stereocenters. The van der Waals surface area contributed by atoms with Crippen molar-refractivity contribution in [3.63, 3.8) is 0 Å². The fourth-order valence-electron chi connectivity index (χ4n) is 2.11. The fourth-order valence-corrected chi connectivity index (χ4v) is 2.11. The van der Waals surface area contributed by atoms with Gasteiger partial charge in [-0.05, 0) is 24.1 Å². The minimum Gasteiger partial charge on any atom is -0.493 e. The van der Waals surface area contributed by atoms with Crippen molar-refractivity contribution in [2.45, 2.75) is 26.7 Å². The maximum Gasteiger partial charge on any atom is 0.308 e. The highest BCUT2D eigenvalue weighted by Crippen LogP contribution is 2.33. The van der Waals surface area contributed by atoms with Crippen LogP contribution in [0.3, 0.4) is 0 Å². The molecular weight excluding hydrogens is 354 g/mol. The largest absolute Gasteiger partial charge is 0.493 e. The molecule has 0 aromatic heterocycles. The zero-order chi connectivity index (χ0) is 20.2. The molecule has 0 aliphatic heterocycles. The molecule has 2 N–H and O–H groups in total. The number of ether oxygens (including phenoxy) is 3. The van der Waals surface area contributed by atoms with Crippen molar-refractivity contribution in [1.29, 1.82) is 0 Å². The highest BCUT2D eigenvalue weighted by molar-refractivity contribution is 5.76. The van der Waals surface area contributed by atoms with Crippen molar-refractivity contribution in [2.24, 2.45) is 0 Å². The maximum atomic E-state index is 11.7. The number of rotatable bonds is 8. The Kier molecular flexibility index (Phi) is 9.40. The minimum atomic E-state index is -0.535. The van der Waals surface area contributed by atoms with Crippen LogP contribution in [-0.2, 0) is 25.5 Å². The molecule has 1 rings (SSSR count). The van der Waals surface area contributed by atoms with Gasteiger partial charge >= 0.3 is 11.9 Å². The van der Waals surface area contributed by atoms with Crippen molar-refractivity contribution in [3.05, 3.63) is 23.3 Å². The van der Waals surface area contributed by atoms with Gasteiger partial charge in [0.25, 0.3) is 0 Å². The third kappa shape index (κ3) is 8.25. The first-order chi connectivity index (χ1) is 12.9. The van der Waals surface area contributed by atoms with Crippen LogP contribution in [0.15, 0.2) is 12.1 Å². The van der Waals surface area contributed by atoms with Gasteiger partial charge in [0.2, 0.25) is 5.91 Å². The van der Waals surface area contributed by atoms with E-state index in [2.05, 4.69) is 17.2 Å². The molecule has 0 aliphatic carbocycles. The lowest BCUT2D eigenvalue weighted by Crippen LogP contribution is -2.26. The molecule has 0 saturated heterocycles. The number of aliphatic hydroxyl groups excluding tert-OH is 1. The van der Waals surface area contributed by atoms with E-state index in [1.54, 1.807) is 12.1 Å². The van der Waals surface area contributed by atoms with Crippen LogP contribution in [-0.4, -0.2) is 49.8 Å². The summed E-state index contributed by atoms with van der Waals surface area (Å²) in [5.41, 5.74) is 1.13. The molecule has 8 nitrogen and oxygen atoms in total. The molecule has 8 heteroatoms. The number of aryl methyl sites for hydroxylation is 1. The first-order valence-electron chi connectivity index (χ1n) is 8.26. The van der Waals surface area contributed by atoms with Crippen molar-refractivity contribution < 1.29 is 33.7 Å². The van der Waals surface area contributed by atoms with Crippen molar-refractivity contribution in [2.75, 3.05) is 26.9 Å². The SMILES string of the molecule is COc1cc(CCC(=O)NCCO)cc(C#CCOC(C)=O)c1OC(C)=O. The van der Waals surface area contributed by atoms with E-state index >= 15 is 0 Å². The second-order valence-electron chi connectivity index (χ2n) is 5.42. The third-order valence-corrected chi connectivity index (χ3v) is 3.23. The highest BCUT2D eigenvalue weighted by atomic mass is 16.6. The molecule has 1 aromatic carbocycles. The van der Waals surface area contributed by atoms with Crippen LogP contribution in [0.25, 0.3) is 0 Å². The number of hydrogen-bond donors (Lipinski definition) is 2. The van der Waals surface area contributed by atoms with Crippen LogP contribution in [0, 0.1) is 11.8 Å². The van der Waals surface area contributed by atoms with Gasteiger partial charge in [0.1, 0.15) is 0 Å². The molecule has 0 unspecified atom stereocenters. The molecule has 0 saturated carbocycles. The van der Waals surface area contributed by atoms with Gasteiger partial charge in [-0.15, -0.1) is 0 Å². The van der Waals surface area contributed by atoms with Gasteiger partial charge in [0.05, 0.1) is 19.3 Å². The number of aliphatic hydroxyl groups is 1. The molecule has 1 aromatic rings. The van der Waals surface area contributed by atoms with Crippen molar-refractivity contribution in [3.8, 4) is 23.3 Å². The zero-order valence-corrected chi connectivity index (χ0v) is 15.6. The topological polar surface area (TPSA) is 111 Å². The van der Waals surface area contributed by atoms with Gasteiger partial charge < -0.3 is 24.6 Å². The highest BCUT2D eigenvalue weighted by Gasteiger charge is 2.15. The number of carbonyl (C=O) groups excluding carboxylic acids is 3. The molecule has 0 bridgehead atoms. The van der Waals surface area contributed by atoms with Crippen LogP contribution in [0.2, 0.25) is 0 Å². The maximum absolute atomic E-state index is 11.7. The number of methoxy groups -OCH3 is 1. The number of benzene rings is 1. The summed E-state index contributed by atoms with van der Waals surface area (Å²) in [5.74, 6) is 4.74. The number of amides is 1. The van der Waals surface area contributed by atoms with Crippen molar-refractivity contribution in [1.82, 2.24) is 5.32 Å². The molecule has 146 valence electrons. The molecule has 0 radical (unpaired) electrons. The van der Waals surface area contributed by atoms with Crippen LogP contribution < -0.4 is 14.8 Å². The predicted molar refractivity (Wildman–Crippen MR) is 96.2 cm³/mol. The smallest absolute Gasteiger partial charge is 0.308 e. The second-order valence-corrected chi connectivity index (χ2v) is 5.42. The molecule has 0 heterocycles. The van der Waals surface area contributed by atoms with Gasteiger partial charge in [-0.25, -0.2) is 0 Å². The molecular formula is C19H23NO7. The number of nitrogens with one attached hydrogen (secondary N) is 1. The zero-order valence-electron chi connectivity index (χ0n) is 15.6. The quantitative estimate of drug-likeness (QED) is 0.387. The van der Waals surface area contributed by atoms with E-state index in [1.807, 2.05) is 0 Å². The van der Waals surface area contributed by atoms with E-state index in [9.17, 15) is 14.4 Å². The lowest BCUT2D eigenvalue weighted by atomic mass is 10.0. The summed E-state index contributed by atoms with van der Waals surface area (Å²) in [6.45, 7) is 2.50. The lowest BCUT2D eigenvalue weighted by Gasteiger charge is -2.13. The first kappa shape index (κ1) is 22.0. The first-order valence-corrected chi connectivity index (χ1v) is 8.26. The van der Waals surface area contributed by atoms with E-state index in [1.165, 1.54) is 21.0 Å². The Hall–Kier alpha value is -3.05. The van der Waals surface area contributed by atoms with Gasteiger partial charge in [0.15, 0.2) is 18.1 Å². The molecule has 0 spiro atoms. The Morgan fingerprint density at radius 1 is 1.19 bits per heavy atom. The van der Waals surface area contributed by atoms with E-state index < -0.39 is 11.9 Å². The second kappa shape index (κ2) is 11.5. The van der Waals surface area contributed by atoms with Crippen LogP contribution in [0.5, 0.6) is 11.5 Å². The van der Waals surface area contributed by atoms with Crippen molar-refractivity contribution >= 4 is 17.8 Å². The van der Waals surface area contributed by atoms with Gasteiger partial charge in [-0.1, -0.05) is 11.8 Å². The van der Waals surface area contributed by atoms with E-state index in [0.717, 1.165) is 5.56 Å². The lowest BCUT2D eigenvalue weighted by molar-refractivity contribution is -0.139. The normalized spacial score (nSPS) is 9.63. The van der Waals surface area contributed by atoms with E-state index in [4.69, 9.17) is 19.3 Å². The summed E-state index contributed by atoms with van der Waals surface area (Å²) in [6, 6.07) is 3.34. The monoisotopic (exact) mass is 377 g/mol. The average molecular weight is 377 g/mol. The Bertz CT molecular complexity index is 746. The van der Waals surface area contributed by atoms with Gasteiger partial charge in [-0.2, -0.15) is 0 Å². The number of carbonyl (C=O) groups is 3. The Morgan fingerprint density at radius 2 is 1.93 bits per heavy atom. The number of esters is 2. The predicted octanol–water partition coefficient (Wildman–Crippen LogP) is 0.576. The summed E-state index contributed by atoms with van der Waals surface area (Å²) in [5, 5.41) is 11.3. The van der Waals surface area contributed by atoms with Gasteiger partial charge in [0, 0.05) is 26.8 Å². The standard InChI is InChI=1S/C19H23NO7/c1-13(22)26-10-4-5-16-11-15(6-7-18(24)20-8-9-21)12-17(25-3)19(16)27-14(2)23/h11-12,21H,6-10H2,1-3H3,(H,20,24). The average Bonchev–Trinajstić information content (AvgIpc) is 2.62. The summed E-state index contributed by atoms with van der Waals surface area (Å²) >= 11 is 0. The Balaban J connectivity index is 3.08. The summed E-state index contributed by atoms with van der Waals surface area (Å²) in [6.07, 6.45) is 0.600. The summed E-state index contributed by atoms with van der Waals surface area (Å²) in [4.78, 5) is 33.9. The van der Waals surface area contributed by atoms with Crippen LogP contribution in [0.1, 0.15) is 31.4 Å². The Morgan fingerprint density at radius 3 is 2.52 bits per heavy atom. The van der Waals surface area contributed by atoms with Crippen LogP contribution in [0.4, 0.5) is 0 Å². The van der Waals surface area contributed by atoms with E-state index in [0.29, 0.717) is 17.7 Å². The Labute approximate surface area is 157 Å². The summed E-state index contributed by atoms with van der Waals surface area (Å²) < 4.78 is 15.2. The van der Waals surface area contributed by atoms with Crippen LogP contribution >= 0.6 is 0 Å². The molecule has 27 heavy (non-hydrogen) atoms. The molecule has 1 amide bonds. The fraction of sp³-hybridized carbons (Fsp3) is 0.421. The molecule has 0 aliphatic rings. The summed E-state index contributed by atoms with van der Waals surface area (Å²) in [7, 11) is 1.43. The molecule has 0 fully saturated rings. The number of hydrogen-bond acceptors (Lipinski definition) is 7.